The highest BCUT2D eigenvalue weighted by atomic mass is 35.5. The first-order valence-electron chi connectivity index (χ1n) is 8.94. The number of halogens is 1. The van der Waals surface area contributed by atoms with Crippen LogP contribution in [0.15, 0.2) is 48.5 Å². The summed E-state index contributed by atoms with van der Waals surface area (Å²) in [7, 11) is 1.59. The van der Waals surface area contributed by atoms with E-state index >= 15 is 0 Å². The second-order valence-electron chi connectivity index (χ2n) is 6.51. The first-order valence-corrected chi connectivity index (χ1v) is 9.32. The Morgan fingerprint density at radius 2 is 1.96 bits per heavy atom. The Hall–Kier alpha value is -2.72. The molecule has 1 amide bonds. The highest BCUT2D eigenvalue weighted by molar-refractivity contribution is 6.31. The standard InChI is InChI=1S/C22H20ClNO3/c1-3-27-20-10-15(17(23)12-19(20)26-2)16-11-21(25)24-18-9-8-13-6-4-5-7-14(13)22(16)18/h4-10,12,16H,3,11H2,1-2H3,(H,24,25)/t16-/m1/s1. The second-order valence-corrected chi connectivity index (χ2v) is 6.92. The minimum Gasteiger partial charge on any atom is -0.493 e. The van der Waals surface area contributed by atoms with Crippen molar-refractivity contribution in [2.75, 3.05) is 19.0 Å². The van der Waals surface area contributed by atoms with Gasteiger partial charge in [-0.05, 0) is 41.0 Å². The van der Waals surface area contributed by atoms with Crippen LogP contribution in [0.4, 0.5) is 5.69 Å². The van der Waals surface area contributed by atoms with Crippen molar-refractivity contribution in [1.29, 1.82) is 0 Å². The number of amides is 1. The van der Waals surface area contributed by atoms with Gasteiger partial charge in [0.15, 0.2) is 11.5 Å². The van der Waals surface area contributed by atoms with Gasteiger partial charge in [-0.2, -0.15) is 0 Å². The van der Waals surface area contributed by atoms with Crippen LogP contribution in [0.1, 0.15) is 30.4 Å². The summed E-state index contributed by atoms with van der Waals surface area (Å²) in [5.41, 5.74) is 2.79. The molecule has 5 heteroatoms. The molecule has 1 aliphatic heterocycles. The molecular weight excluding hydrogens is 362 g/mol. The van der Waals surface area contributed by atoms with Crippen LogP contribution in [0.5, 0.6) is 11.5 Å². The molecule has 1 N–H and O–H groups in total. The summed E-state index contributed by atoms with van der Waals surface area (Å²) in [4.78, 5) is 12.4. The molecule has 0 saturated carbocycles. The predicted molar refractivity (Wildman–Crippen MR) is 108 cm³/mol. The van der Waals surface area contributed by atoms with Gasteiger partial charge in [0.05, 0.1) is 13.7 Å². The molecule has 3 aromatic carbocycles. The number of carbonyl (C=O) groups excluding carboxylic acids is 1. The summed E-state index contributed by atoms with van der Waals surface area (Å²) in [6, 6.07) is 15.8. The molecule has 0 spiro atoms. The van der Waals surface area contributed by atoms with Crippen molar-refractivity contribution in [2.24, 2.45) is 0 Å². The number of benzene rings is 3. The maximum Gasteiger partial charge on any atom is 0.225 e. The average Bonchev–Trinajstić information content (AvgIpc) is 2.68. The number of ether oxygens (including phenoxy) is 2. The van der Waals surface area contributed by atoms with Gasteiger partial charge in [-0.15, -0.1) is 0 Å². The summed E-state index contributed by atoms with van der Waals surface area (Å²) in [5.74, 6) is 1.04. The lowest BCUT2D eigenvalue weighted by molar-refractivity contribution is -0.116. The Labute approximate surface area is 163 Å². The fourth-order valence-corrected chi connectivity index (χ4v) is 4.07. The molecule has 1 atom stereocenters. The van der Waals surface area contributed by atoms with Crippen molar-refractivity contribution in [3.63, 3.8) is 0 Å². The van der Waals surface area contributed by atoms with E-state index in [0.717, 1.165) is 27.6 Å². The third-order valence-electron chi connectivity index (χ3n) is 4.94. The van der Waals surface area contributed by atoms with Crippen LogP contribution in [-0.2, 0) is 4.79 Å². The maximum absolute atomic E-state index is 12.4. The average molecular weight is 382 g/mol. The minimum atomic E-state index is -0.155. The molecule has 3 aromatic rings. The van der Waals surface area contributed by atoms with E-state index < -0.39 is 0 Å². The molecular formula is C22H20ClNO3. The Morgan fingerprint density at radius 1 is 1.15 bits per heavy atom. The van der Waals surface area contributed by atoms with Gasteiger partial charge in [0.2, 0.25) is 5.91 Å². The molecule has 0 aliphatic carbocycles. The minimum absolute atomic E-state index is 0.0207. The number of hydrogen-bond donors (Lipinski definition) is 1. The number of fused-ring (bicyclic) bond motifs is 3. The third kappa shape index (κ3) is 3.10. The zero-order chi connectivity index (χ0) is 19.0. The Bertz CT molecular complexity index is 1030. The molecule has 0 aromatic heterocycles. The number of rotatable bonds is 4. The molecule has 0 saturated heterocycles. The number of anilines is 1. The first-order chi connectivity index (χ1) is 13.1. The molecule has 4 rings (SSSR count). The Morgan fingerprint density at radius 3 is 2.74 bits per heavy atom. The molecule has 27 heavy (non-hydrogen) atoms. The summed E-state index contributed by atoms with van der Waals surface area (Å²) in [5, 5.41) is 5.81. The summed E-state index contributed by atoms with van der Waals surface area (Å²) in [6.07, 6.45) is 0.332. The van der Waals surface area contributed by atoms with Crippen molar-refractivity contribution in [3.05, 3.63) is 64.7 Å². The van der Waals surface area contributed by atoms with Gasteiger partial charge in [-0.25, -0.2) is 0 Å². The zero-order valence-corrected chi connectivity index (χ0v) is 16.0. The Balaban J connectivity index is 1.94. The van der Waals surface area contributed by atoms with E-state index in [1.165, 1.54) is 0 Å². The van der Waals surface area contributed by atoms with E-state index in [-0.39, 0.29) is 11.8 Å². The summed E-state index contributed by atoms with van der Waals surface area (Å²) in [6.45, 7) is 2.44. The van der Waals surface area contributed by atoms with Crippen molar-refractivity contribution < 1.29 is 14.3 Å². The third-order valence-corrected chi connectivity index (χ3v) is 5.27. The largest absolute Gasteiger partial charge is 0.493 e. The van der Waals surface area contributed by atoms with Crippen molar-refractivity contribution in [1.82, 2.24) is 0 Å². The molecule has 4 nitrogen and oxygen atoms in total. The van der Waals surface area contributed by atoms with Crippen LogP contribution in [0, 0.1) is 0 Å². The van der Waals surface area contributed by atoms with Gasteiger partial charge in [0, 0.05) is 29.1 Å². The van der Waals surface area contributed by atoms with Crippen LogP contribution >= 0.6 is 11.6 Å². The normalized spacial score (nSPS) is 16.0. The number of nitrogens with one attached hydrogen (secondary N) is 1. The molecule has 0 bridgehead atoms. The number of hydrogen-bond acceptors (Lipinski definition) is 3. The first kappa shape index (κ1) is 17.7. The molecule has 138 valence electrons. The van der Waals surface area contributed by atoms with Crippen LogP contribution in [0.25, 0.3) is 10.8 Å². The van der Waals surface area contributed by atoms with Gasteiger partial charge in [-0.1, -0.05) is 41.9 Å². The smallest absolute Gasteiger partial charge is 0.225 e. The van der Waals surface area contributed by atoms with E-state index in [9.17, 15) is 4.79 Å². The van der Waals surface area contributed by atoms with E-state index in [1.807, 2.05) is 37.3 Å². The van der Waals surface area contributed by atoms with Crippen LogP contribution < -0.4 is 14.8 Å². The fourth-order valence-electron chi connectivity index (χ4n) is 3.78. The molecule has 0 unspecified atom stereocenters. The van der Waals surface area contributed by atoms with E-state index in [4.69, 9.17) is 21.1 Å². The van der Waals surface area contributed by atoms with Gasteiger partial charge >= 0.3 is 0 Å². The summed E-state index contributed by atoms with van der Waals surface area (Å²) >= 11 is 6.61. The zero-order valence-electron chi connectivity index (χ0n) is 15.2. The second kappa shape index (κ2) is 7.12. The van der Waals surface area contributed by atoms with Gasteiger partial charge in [0.1, 0.15) is 0 Å². The lowest BCUT2D eigenvalue weighted by Gasteiger charge is -2.28. The van der Waals surface area contributed by atoms with E-state index in [0.29, 0.717) is 29.5 Å². The molecule has 1 heterocycles. The van der Waals surface area contributed by atoms with Crippen molar-refractivity contribution in [2.45, 2.75) is 19.3 Å². The van der Waals surface area contributed by atoms with Gasteiger partial charge in [-0.3, -0.25) is 4.79 Å². The monoisotopic (exact) mass is 381 g/mol. The Kier molecular flexibility index (Phi) is 4.66. The maximum atomic E-state index is 12.4. The lowest BCUT2D eigenvalue weighted by atomic mass is 9.82. The number of carbonyl (C=O) groups is 1. The predicted octanol–water partition coefficient (Wildman–Crippen LogP) is 5.37. The molecule has 1 aliphatic rings. The SMILES string of the molecule is CCOc1cc([C@H]2CC(=O)Nc3ccc4ccccc4c32)c(Cl)cc1OC. The van der Waals surface area contributed by atoms with Crippen LogP contribution in [-0.4, -0.2) is 19.6 Å². The number of methoxy groups -OCH3 is 1. The highest BCUT2D eigenvalue weighted by Crippen LogP contribution is 2.46. The van der Waals surface area contributed by atoms with E-state index in [1.54, 1.807) is 13.2 Å². The highest BCUT2D eigenvalue weighted by Gasteiger charge is 2.30. The molecule has 0 radical (unpaired) electrons. The quantitative estimate of drug-likeness (QED) is 0.660. The van der Waals surface area contributed by atoms with Crippen molar-refractivity contribution in [3.8, 4) is 11.5 Å². The lowest BCUT2D eigenvalue weighted by Crippen LogP contribution is -2.24. The van der Waals surface area contributed by atoms with E-state index in [2.05, 4.69) is 17.4 Å². The summed E-state index contributed by atoms with van der Waals surface area (Å²) < 4.78 is 11.1. The van der Waals surface area contributed by atoms with Crippen molar-refractivity contribution >= 4 is 34.0 Å². The van der Waals surface area contributed by atoms with Crippen LogP contribution in [0.3, 0.4) is 0 Å². The van der Waals surface area contributed by atoms with Gasteiger partial charge < -0.3 is 14.8 Å². The molecule has 0 fully saturated rings. The topological polar surface area (TPSA) is 47.6 Å². The van der Waals surface area contributed by atoms with Crippen LogP contribution in [0.2, 0.25) is 5.02 Å². The fraction of sp³-hybridized carbons (Fsp3) is 0.227. The van der Waals surface area contributed by atoms with Gasteiger partial charge in [0.25, 0.3) is 0 Å².